The molecule has 1 aliphatic heterocycles. The van der Waals surface area contributed by atoms with Crippen LogP contribution in [0.4, 0.5) is 0 Å². The van der Waals surface area contributed by atoms with Crippen LogP contribution in [-0.4, -0.2) is 24.0 Å². The number of fused-ring (bicyclic) bond motifs is 1. The number of likely N-dealkylation sites (tertiary alicyclic amines) is 1. The minimum Gasteiger partial charge on any atom is -0.296 e. The minimum atomic E-state index is 0.815. The van der Waals surface area contributed by atoms with Crippen molar-refractivity contribution in [3.63, 3.8) is 0 Å². The largest absolute Gasteiger partial charge is 0.296 e. The van der Waals surface area contributed by atoms with E-state index in [2.05, 4.69) is 31.0 Å². The van der Waals surface area contributed by atoms with Gasteiger partial charge in [0.2, 0.25) is 0 Å². The van der Waals surface area contributed by atoms with E-state index in [-0.39, 0.29) is 0 Å². The highest BCUT2D eigenvalue weighted by Crippen LogP contribution is 2.40. The summed E-state index contributed by atoms with van der Waals surface area (Å²) in [7, 11) is 2.22. The monoisotopic (exact) mass is 123 g/mol. The number of rotatable bonds is 1. The molecular weight excluding hydrogens is 110 g/mol. The van der Waals surface area contributed by atoms with E-state index in [9.17, 15) is 0 Å². The fourth-order valence-corrected chi connectivity index (χ4v) is 2.05. The molecule has 2 aliphatic rings. The Labute approximate surface area is 56.4 Å². The summed E-state index contributed by atoms with van der Waals surface area (Å²) < 4.78 is 0. The normalized spacial score (nSPS) is 47.6. The highest BCUT2D eigenvalue weighted by atomic mass is 15.2. The predicted molar refractivity (Wildman–Crippen MR) is 38.3 cm³/mol. The molecule has 0 spiro atoms. The standard InChI is InChI=1S/C8H13N/c1-3-7-6-4-5-8(6)9(7)2/h4-8H,3H2,1-2H3/t6-,7?,8-/m1/s1. The first-order valence-electron chi connectivity index (χ1n) is 3.75. The van der Waals surface area contributed by atoms with Gasteiger partial charge in [0.1, 0.15) is 0 Å². The number of likely N-dealkylation sites (N-methyl/N-ethyl adjacent to an activating group) is 1. The number of nitrogens with zero attached hydrogens (tertiary/aromatic N) is 1. The van der Waals surface area contributed by atoms with Crippen LogP contribution in [0.1, 0.15) is 13.3 Å². The molecule has 0 aromatic rings. The fourth-order valence-electron chi connectivity index (χ4n) is 2.05. The Morgan fingerprint density at radius 2 is 2.22 bits per heavy atom. The van der Waals surface area contributed by atoms with Gasteiger partial charge in [0.15, 0.2) is 0 Å². The van der Waals surface area contributed by atoms with Crippen LogP contribution in [0.2, 0.25) is 0 Å². The van der Waals surface area contributed by atoms with Crippen molar-refractivity contribution in [2.24, 2.45) is 5.92 Å². The van der Waals surface area contributed by atoms with Crippen LogP contribution in [0.15, 0.2) is 12.2 Å². The molecule has 2 rings (SSSR count). The summed E-state index contributed by atoms with van der Waals surface area (Å²) >= 11 is 0. The van der Waals surface area contributed by atoms with E-state index in [0.29, 0.717) is 0 Å². The molecule has 1 heterocycles. The van der Waals surface area contributed by atoms with Crippen molar-refractivity contribution in [1.29, 1.82) is 0 Å². The van der Waals surface area contributed by atoms with Crippen LogP contribution < -0.4 is 0 Å². The molecule has 0 amide bonds. The van der Waals surface area contributed by atoms with Gasteiger partial charge in [-0.1, -0.05) is 19.1 Å². The smallest absolute Gasteiger partial charge is 0.0356 e. The molecule has 0 aromatic heterocycles. The molecule has 1 aliphatic carbocycles. The Balaban J connectivity index is 2.06. The van der Waals surface area contributed by atoms with Crippen LogP contribution in [-0.2, 0) is 0 Å². The van der Waals surface area contributed by atoms with Crippen molar-refractivity contribution in [2.75, 3.05) is 7.05 Å². The quantitative estimate of drug-likeness (QED) is 0.474. The van der Waals surface area contributed by atoms with Gasteiger partial charge in [0.05, 0.1) is 0 Å². The van der Waals surface area contributed by atoms with Gasteiger partial charge in [0, 0.05) is 18.0 Å². The first kappa shape index (κ1) is 5.48. The lowest BCUT2D eigenvalue weighted by Crippen LogP contribution is -2.63. The van der Waals surface area contributed by atoms with E-state index in [1.165, 1.54) is 6.42 Å². The highest BCUT2D eigenvalue weighted by Gasteiger charge is 2.46. The summed E-state index contributed by atoms with van der Waals surface area (Å²) in [4.78, 5) is 2.46. The third-order valence-corrected chi connectivity index (χ3v) is 2.78. The van der Waals surface area contributed by atoms with Crippen molar-refractivity contribution in [3.05, 3.63) is 12.2 Å². The average Bonchev–Trinajstić information content (AvgIpc) is 1.79. The zero-order valence-corrected chi connectivity index (χ0v) is 6.04. The van der Waals surface area contributed by atoms with Gasteiger partial charge >= 0.3 is 0 Å². The Morgan fingerprint density at radius 3 is 2.44 bits per heavy atom. The van der Waals surface area contributed by atoms with E-state index in [1.807, 2.05) is 0 Å². The average molecular weight is 123 g/mol. The maximum absolute atomic E-state index is 2.46. The SMILES string of the molecule is CCC1[C@H]2C=C[C@H]2N1C. The van der Waals surface area contributed by atoms with Crippen molar-refractivity contribution in [2.45, 2.75) is 25.4 Å². The van der Waals surface area contributed by atoms with Crippen LogP contribution in [0.5, 0.6) is 0 Å². The summed E-state index contributed by atoms with van der Waals surface area (Å²) in [5.41, 5.74) is 0. The predicted octanol–water partition coefficient (Wildman–Crippen LogP) is 1.27. The van der Waals surface area contributed by atoms with Crippen molar-refractivity contribution < 1.29 is 0 Å². The van der Waals surface area contributed by atoms with Gasteiger partial charge in [-0.3, -0.25) is 4.90 Å². The van der Waals surface area contributed by atoms with Crippen LogP contribution in [0, 0.1) is 5.92 Å². The van der Waals surface area contributed by atoms with Crippen molar-refractivity contribution >= 4 is 0 Å². The van der Waals surface area contributed by atoms with Gasteiger partial charge in [-0.25, -0.2) is 0 Å². The first-order chi connectivity index (χ1) is 4.34. The summed E-state index contributed by atoms with van der Waals surface area (Å²) in [6, 6.07) is 1.68. The van der Waals surface area contributed by atoms with Crippen LogP contribution in [0.3, 0.4) is 0 Å². The van der Waals surface area contributed by atoms with Crippen molar-refractivity contribution in [1.82, 2.24) is 4.90 Å². The molecular formula is C8H13N. The molecule has 1 nitrogen and oxygen atoms in total. The molecule has 1 unspecified atom stereocenters. The second-order valence-electron chi connectivity index (χ2n) is 3.09. The lowest BCUT2D eigenvalue weighted by Gasteiger charge is -2.56. The highest BCUT2D eigenvalue weighted by molar-refractivity contribution is 5.24. The van der Waals surface area contributed by atoms with Gasteiger partial charge in [0.25, 0.3) is 0 Å². The molecule has 0 saturated carbocycles. The Kier molecular flexibility index (Phi) is 0.974. The molecule has 1 saturated heterocycles. The molecule has 0 aromatic carbocycles. The Bertz CT molecular complexity index is 151. The maximum atomic E-state index is 2.46. The first-order valence-corrected chi connectivity index (χ1v) is 3.75. The van der Waals surface area contributed by atoms with E-state index >= 15 is 0 Å². The maximum Gasteiger partial charge on any atom is 0.0356 e. The van der Waals surface area contributed by atoms with Gasteiger partial charge < -0.3 is 0 Å². The van der Waals surface area contributed by atoms with E-state index in [0.717, 1.165) is 18.0 Å². The molecule has 50 valence electrons. The Hall–Kier alpha value is -0.300. The minimum absolute atomic E-state index is 0.815. The fraction of sp³-hybridized carbons (Fsp3) is 0.750. The third-order valence-electron chi connectivity index (χ3n) is 2.78. The van der Waals surface area contributed by atoms with E-state index < -0.39 is 0 Å². The van der Waals surface area contributed by atoms with E-state index in [4.69, 9.17) is 0 Å². The molecule has 1 heteroatoms. The molecule has 3 atom stereocenters. The van der Waals surface area contributed by atoms with Crippen LogP contribution >= 0.6 is 0 Å². The van der Waals surface area contributed by atoms with Gasteiger partial charge in [-0.2, -0.15) is 0 Å². The summed E-state index contributed by atoms with van der Waals surface area (Å²) in [6.07, 6.45) is 5.96. The molecule has 9 heavy (non-hydrogen) atoms. The zero-order valence-electron chi connectivity index (χ0n) is 6.04. The van der Waals surface area contributed by atoms with Gasteiger partial charge in [-0.05, 0) is 13.5 Å². The zero-order chi connectivity index (χ0) is 6.43. The molecule has 0 radical (unpaired) electrons. The van der Waals surface area contributed by atoms with Gasteiger partial charge in [-0.15, -0.1) is 0 Å². The lowest BCUT2D eigenvalue weighted by molar-refractivity contribution is -0.000303. The lowest BCUT2D eigenvalue weighted by atomic mass is 9.71. The second-order valence-corrected chi connectivity index (χ2v) is 3.09. The molecule has 1 fully saturated rings. The summed E-state index contributed by atoms with van der Waals surface area (Å²) in [5, 5.41) is 0. The summed E-state index contributed by atoms with van der Waals surface area (Å²) in [5.74, 6) is 0.917. The molecule has 0 N–H and O–H groups in total. The Morgan fingerprint density at radius 1 is 1.44 bits per heavy atom. The number of hydrogen-bond donors (Lipinski definition) is 0. The second kappa shape index (κ2) is 1.60. The van der Waals surface area contributed by atoms with Crippen molar-refractivity contribution in [3.8, 4) is 0 Å². The van der Waals surface area contributed by atoms with Crippen LogP contribution in [0.25, 0.3) is 0 Å². The summed E-state index contributed by atoms with van der Waals surface area (Å²) in [6.45, 7) is 2.27. The number of hydrogen-bond acceptors (Lipinski definition) is 1. The van der Waals surface area contributed by atoms with E-state index in [1.54, 1.807) is 0 Å². The molecule has 0 bridgehead atoms. The topological polar surface area (TPSA) is 3.24 Å². The third kappa shape index (κ3) is 0.485.